The van der Waals surface area contributed by atoms with Crippen LogP contribution in [0, 0.1) is 13.8 Å². The summed E-state index contributed by atoms with van der Waals surface area (Å²) in [6.07, 6.45) is 5.00. The molecule has 1 unspecified atom stereocenters. The van der Waals surface area contributed by atoms with Crippen LogP contribution in [0.5, 0.6) is 0 Å². The minimum Gasteiger partial charge on any atom is -0.466 e. The molecule has 1 N–H and O–H groups in total. The molecule has 3 aromatic rings. The van der Waals surface area contributed by atoms with Gasteiger partial charge in [0.25, 0.3) is 0 Å². The first kappa shape index (κ1) is 12.4. The van der Waals surface area contributed by atoms with Crippen molar-refractivity contribution in [1.29, 1.82) is 0 Å². The number of hydrogen-bond donors (Lipinski definition) is 1. The number of likely N-dealkylation sites (N-methyl/N-ethyl adjacent to an activating group) is 1. The standard InChI is InChI=1S/C14H17N3OS/c1-9-6-12(10(2)18-9)13(15-3)7-11-8-17-4-5-19-14(17)16-11/h4-6,8,13,15H,7H2,1-3H3. The first-order chi connectivity index (χ1) is 9.17. The number of nitrogens with zero attached hydrogens (tertiary/aromatic N) is 2. The molecule has 3 aromatic heterocycles. The normalized spacial score (nSPS) is 13.2. The van der Waals surface area contributed by atoms with Crippen LogP contribution in [0.15, 0.2) is 28.3 Å². The number of rotatable bonds is 4. The van der Waals surface area contributed by atoms with E-state index in [1.165, 1.54) is 5.56 Å². The predicted octanol–water partition coefficient (Wildman–Crippen LogP) is 3.11. The van der Waals surface area contributed by atoms with Crippen molar-refractivity contribution in [2.24, 2.45) is 0 Å². The van der Waals surface area contributed by atoms with Gasteiger partial charge in [0.15, 0.2) is 4.96 Å². The average Bonchev–Trinajstić information content (AvgIpc) is 3.00. The number of aryl methyl sites for hydroxylation is 2. The zero-order chi connectivity index (χ0) is 13.4. The summed E-state index contributed by atoms with van der Waals surface area (Å²) in [7, 11) is 1.98. The largest absolute Gasteiger partial charge is 0.466 e. The quantitative estimate of drug-likeness (QED) is 0.795. The van der Waals surface area contributed by atoms with Crippen LogP contribution in [0.25, 0.3) is 4.96 Å². The number of hydrogen-bond acceptors (Lipinski definition) is 4. The van der Waals surface area contributed by atoms with E-state index in [0.29, 0.717) is 0 Å². The molecule has 0 aliphatic heterocycles. The highest BCUT2D eigenvalue weighted by Crippen LogP contribution is 2.25. The molecule has 0 fully saturated rings. The Balaban J connectivity index is 1.87. The van der Waals surface area contributed by atoms with Crippen LogP contribution in [0.4, 0.5) is 0 Å². The Labute approximate surface area is 116 Å². The molecule has 0 saturated heterocycles. The van der Waals surface area contributed by atoms with Crippen molar-refractivity contribution in [2.75, 3.05) is 7.05 Å². The molecule has 0 spiro atoms. The highest BCUT2D eigenvalue weighted by molar-refractivity contribution is 7.15. The number of aromatic nitrogens is 2. The molecule has 0 amide bonds. The van der Waals surface area contributed by atoms with Gasteiger partial charge in [-0.1, -0.05) is 0 Å². The summed E-state index contributed by atoms with van der Waals surface area (Å²) in [5, 5.41) is 5.40. The number of thiazole rings is 1. The monoisotopic (exact) mass is 275 g/mol. The fourth-order valence-electron chi connectivity index (χ4n) is 2.45. The first-order valence-electron chi connectivity index (χ1n) is 6.32. The van der Waals surface area contributed by atoms with Gasteiger partial charge in [0.2, 0.25) is 0 Å². The number of imidazole rings is 1. The number of nitrogens with one attached hydrogen (secondary N) is 1. The van der Waals surface area contributed by atoms with Crippen LogP contribution in [-0.2, 0) is 6.42 Å². The third kappa shape index (κ3) is 2.31. The maximum atomic E-state index is 5.62. The first-order valence-corrected chi connectivity index (χ1v) is 7.20. The topological polar surface area (TPSA) is 42.5 Å². The molecular formula is C14H17N3OS. The maximum absolute atomic E-state index is 5.62. The van der Waals surface area contributed by atoms with Gasteiger partial charge >= 0.3 is 0 Å². The van der Waals surface area contributed by atoms with E-state index < -0.39 is 0 Å². The summed E-state index contributed by atoms with van der Waals surface area (Å²) < 4.78 is 7.69. The summed E-state index contributed by atoms with van der Waals surface area (Å²) in [5.41, 5.74) is 2.32. The molecule has 100 valence electrons. The summed E-state index contributed by atoms with van der Waals surface area (Å²) in [6.45, 7) is 3.99. The van der Waals surface area contributed by atoms with Crippen molar-refractivity contribution in [3.05, 3.63) is 46.6 Å². The average molecular weight is 275 g/mol. The Morgan fingerprint density at radius 3 is 2.95 bits per heavy atom. The third-order valence-electron chi connectivity index (χ3n) is 3.36. The Hall–Kier alpha value is -1.59. The lowest BCUT2D eigenvalue weighted by molar-refractivity contribution is 0.489. The van der Waals surface area contributed by atoms with E-state index in [4.69, 9.17) is 4.42 Å². The highest BCUT2D eigenvalue weighted by Gasteiger charge is 2.17. The van der Waals surface area contributed by atoms with Gasteiger partial charge in [-0.15, -0.1) is 11.3 Å². The van der Waals surface area contributed by atoms with E-state index in [9.17, 15) is 0 Å². The lowest BCUT2D eigenvalue weighted by atomic mass is 10.0. The van der Waals surface area contributed by atoms with Crippen LogP contribution < -0.4 is 5.32 Å². The summed E-state index contributed by atoms with van der Waals surface area (Å²) in [5.74, 6) is 1.94. The molecule has 1 atom stereocenters. The molecule has 3 heterocycles. The van der Waals surface area contributed by atoms with Gasteiger partial charge in [-0.25, -0.2) is 4.98 Å². The minimum atomic E-state index is 0.238. The van der Waals surface area contributed by atoms with Crippen LogP contribution >= 0.6 is 11.3 Å². The van der Waals surface area contributed by atoms with E-state index in [0.717, 1.165) is 28.6 Å². The van der Waals surface area contributed by atoms with Gasteiger partial charge in [0.1, 0.15) is 11.5 Å². The summed E-state index contributed by atoms with van der Waals surface area (Å²) in [6, 6.07) is 2.34. The van der Waals surface area contributed by atoms with Crippen LogP contribution in [0.2, 0.25) is 0 Å². The fourth-order valence-corrected chi connectivity index (χ4v) is 3.17. The van der Waals surface area contributed by atoms with Crippen molar-refractivity contribution in [3.63, 3.8) is 0 Å². The Morgan fingerprint density at radius 2 is 2.32 bits per heavy atom. The maximum Gasteiger partial charge on any atom is 0.193 e. The number of furan rings is 1. The second-order valence-electron chi connectivity index (χ2n) is 4.74. The number of fused-ring (bicyclic) bond motifs is 1. The van der Waals surface area contributed by atoms with Crippen molar-refractivity contribution in [2.45, 2.75) is 26.3 Å². The molecular weight excluding hydrogens is 258 g/mol. The Kier molecular flexibility index (Phi) is 3.16. The van der Waals surface area contributed by atoms with Gasteiger partial charge in [-0.2, -0.15) is 0 Å². The van der Waals surface area contributed by atoms with E-state index in [1.807, 2.05) is 32.5 Å². The molecule has 19 heavy (non-hydrogen) atoms. The molecule has 0 radical (unpaired) electrons. The molecule has 0 aliphatic carbocycles. The molecule has 0 bridgehead atoms. The zero-order valence-corrected chi connectivity index (χ0v) is 12.1. The van der Waals surface area contributed by atoms with Crippen molar-refractivity contribution >= 4 is 16.3 Å². The van der Waals surface area contributed by atoms with Crippen LogP contribution in [0.1, 0.15) is 28.8 Å². The van der Waals surface area contributed by atoms with Crippen LogP contribution in [0.3, 0.4) is 0 Å². The van der Waals surface area contributed by atoms with Gasteiger partial charge in [0, 0.05) is 35.8 Å². The molecule has 0 saturated carbocycles. The SMILES string of the molecule is CNC(Cc1cn2ccsc2n1)c1cc(C)oc1C. The van der Waals surface area contributed by atoms with Gasteiger partial charge in [-0.05, 0) is 27.0 Å². The molecule has 4 nitrogen and oxygen atoms in total. The Bertz CT molecular complexity index is 666. The molecule has 5 heteroatoms. The summed E-state index contributed by atoms with van der Waals surface area (Å²) in [4.78, 5) is 5.68. The second kappa shape index (κ2) is 4.83. The van der Waals surface area contributed by atoms with E-state index in [-0.39, 0.29) is 6.04 Å². The van der Waals surface area contributed by atoms with E-state index >= 15 is 0 Å². The van der Waals surface area contributed by atoms with Crippen molar-refractivity contribution in [1.82, 2.24) is 14.7 Å². The van der Waals surface area contributed by atoms with Gasteiger partial charge in [-0.3, -0.25) is 4.40 Å². The van der Waals surface area contributed by atoms with Gasteiger partial charge < -0.3 is 9.73 Å². The summed E-state index contributed by atoms with van der Waals surface area (Å²) >= 11 is 1.66. The zero-order valence-electron chi connectivity index (χ0n) is 11.3. The molecule has 0 aliphatic rings. The molecule has 3 rings (SSSR count). The van der Waals surface area contributed by atoms with Gasteiger partial charge in [0.05, 0.1) is 5.69 Å². The van der Waals surface area contributed by atoms with Crippen molar-refractivity contribution in [3.8, 4) is 0 Å². The lowest BCUT2D eigenvalue weighted by Gasteiger charge is -2.13. The molecule has 0 aromatic carbocycles. The highest BCUT2D eigenvalue weighted by atomic mass is 32.1. The fraction of sp³-hybridized carbons (Fsp3) is 0.357. The van der Waals surface area contributed by atoms with Crippen LogP contribution in [-0.4, -0.2) is 16.4 Å². The minimum absolute atomic E-state index is 0.238. The van der Waals surface area contributed by atoms with E-state index in [2.05, 4.69) is 27.0 Å². The third-order valence-corrected chi connectivity index (χ3v) is 4.13. The second-order valence-corrected chi connectivity index (χ2v) is 5.61. The predicted molar refractivity (Wildman–Crippen MR) is 76.8 cm³/mol. The lowest BCUT2D eigenvalue weighted by Crippen LogP contribution is -2.19. The smallest absolute Gasteiger partial charge is 0.193 e. The van der Waals surface area contributed by atoms with E-state index in [1.54, 1.807) is 11.3 Å². The Morgan fingerprint density at radius 1 is 1.47 bits per heavy atom. The van der Waals surface area contributed by atoms with Crippen molar-refractivity contribution < 1.29 is 4.42 Å².